The summed E-state index contributed by atoms with van der Waals surface area (Å²) < 4.78 is 13.4. The number of aliphatic hydroxyl groups excluding tert-OH is 1. The lowest BCUT2D eigenvalue weighted by atomic mass is 9.96. The number of amides is 1. The molecule has 0 aliphatic carbocycles. The van der Waals surface area contributed by atoms with Crippen molar-refractivity contribution in [2.24, 2.45) is 0 Å². The van der Waals surface area contributed by atoms with E-state index in [2.05, 4.69) is 4.98 Å². The average Bonchev–Trinajstić information content (AvgIpc) is 3.05. The number of carbonyl (C=O) groups excluding carboxylic acids is 2. The first-order valence-corrected chi connectivity index (χ1v) is 9.10. The molecule has 0 saturated carbocycles. The third-order valence-corrected chi connectivity index (χ3v) is 4.90. The summed E-state index contributed by atoms with van der Waals surface area (Å²) in [4.78, 5) is 41.3. The van der Waals surface area contributed by atoms with Crippen LogP contribution in [0, 0.1) is 15.9 Å². The molecule has 1 saturated heterocycles. The molecule has 1 unspecified atom stereocenters. The third-order valence-electron chi connectivity index (χ3n) is 4.90. The van der Waals surface area contributed by atoms with Crippen LogP contribution in [-0.2, 0) is 9.59 Å². The topological polar surface area (TPSA) is 114 Å². The van der Waals surface area contributed by atoms with Gasteiger partial charge >= 0.3 is 0 Å². The van der Waals surface area contributed by atoms with E-state index in [1.165, 1.54) is 48.8 Å². The Labute approximate surface area is 175 Å². The molecule has 1 N–H and O–H groups in total. The number of nitrogens with zero attached hydrogens (tertiary/aromatic N) is 3. The number of rotatable bonds is 4. The van der Waals surface area contributed by atoms with Gasteiger partial charge in [-0.3, -0.25) is 29.6 Å². The summed E-state index contributed by atoms with van der Waals surface area (Å²) in [6.45, 7) is 0. The second-order valence-electron chi connectivity index (χ2n) is 6.74. The van der Waals surface area contributed by atoms with Gasteiger partial charge in [0, 0.05) is 35.8 Å². The quantitative estimate of drug-likeness (QED) is 0.226. The first-order chi connectivity index (χ1) is 14.9. The van der Waals surface area contributed by atoms with E-state index < -0.39 is 34.2 Å². The number of hydrogen-bond acceptors (Lipinski definition) is 6. The molecule has 154 valence electrons. The van der Waals surface area contributed by atoms with Gasteiger partial charge in [-0.2, -0.15) is 0 Å². The van der Waals surface area contributed by atoms with Gasteiger partial charge in [-0.1, -0.05) is 6.07 Å². The van der Waals surface area contributed by atoms with Gasteiger partial charge in [0.2, 0.25) is 0 Å². The van der Waals surface area contributed by atoms with Crippen LogP contribution in [0.4, 0.5) is 15.8 Å². The minimum atomic E-state index is -1.02. The van der Waals surface area contributed by atoms with Crippen LogP contribution in [-0.4, -0.2) is 26.7 Å². The maximum Gasteiger partial charge on any atom is 0.300 e. The molecule has 1 amide bonds. The highest BCUT2D eigenvalue weighted by Crippen LogP contribution is 2.42. The number of Topliss-reactive ketones (excluding diaryl/α,β-unsaturated/α-hetero) is 1. The number of anilines is 1. The molecule has 8 nitrogen and oxygen atoms in total. The Morgan fingerprint density at radius 3 is 2.32 bits per heavy atom. The number of nitro benzene ring substituents is 1. The fourth-order valence-electron chi connectivity index (χ4n) is 3.45. The Kier molecular flexibility index (Phi) is 5.00. The molecule has 4 rings (SSSR count). The molecule has 9 heteroatoms. The maximum atomic E-state index is 13.4. The monoisotopic (exact) mass is 419 g/mol. The maximum absolute atomic E-state index is 13.4. The largest absolute Gasteiger partial charge is 0.507 e. The van der Waals surface area contributed by atoms with Gasteiger partial charge in [0.05, 0.1) is 16.5 Å². The fraction of sp³-hybridized carbons (Fsp3) is 0.0455. The van der Waals surface area contributed by atoms with Crippen LogP contribution in [0.2, 0.25) is 0 Å². The normalized spacial score (nSPS) is 17.7. The zero-order chi connectivity index (χ0) is 22.1. The van der Waals surface area contributed by atoms with E-state index in [4.69, 9.17) is 0 Å². The standard InChI is InChI=1S/C22H14FN3O5/c23-15-5-9-16(10-6-15)25-19(14-2-1-11-24-12-14)18(21(28)22(25)29)20(27)13-3-7-17(8-4-13)26(30)31/h1-12,19,27H/b20-18-. The molecule has 1 aliphatic rings. The summed E-state index contributed by atoms with van der Waals surface area (Å²) in [5.41, 5.74) is 0.467. The van der Waals surface area contributed by atoms with Crippen molar-refractivity contribution in [3.63, 3.8) is 0 Å². The summed E-state index contributed by atoms with van der Waals surface area (Å²) >= 11 is 0. The predicted molar refractivity (Wildman–Crippen MR) is 109 cm³/mol. The van der Waals surface area contributed by atoms with Crippen LogP contribution in [0.5, 0.6) is 0 Å². The number of benzene rings is 2. The second-order valence-corrected chi connectivity index (χ2v) is 6.74. The molecule has 1 aliphatic heterocycles. The van der Waals surface area contributed by atoms with Crippen molar-refractivity contribution >= 4 is 28.8 Å². The number of hydrogen-bond donors (Lipinski definition) is 1. The van der Waals surface area contributed by atoms with Gasteiger partial charge in [-0.25, -0.2) is 4.39 Å². The van der Waals surface area contributed by atoms with Crippen molar-refractivity contribution < 1.29 is 24.0 Å². The van der Waals surface area contributed by atoms with E-state index >= 15 is 0 Å². The van der Waals surface area contributed by atoms with Crippen molar-refractivity contribution in [2.75, 3.05) is 4.90 Å². The van der Waals surface area contributed by atoms with Gasteiger partial charge in [-0.05, 0) is 48.0 Å². The number of aromatic nitrogens is 1. The first kappa shape index (κ1) is 19.9. The summed E-state index contributed by atoms with van der Waals surface area (Å²) in [6.07, 6.45) is 2.97. The Balaban J connectivity index is 1.90. The molecule has 0 radical (unpaired) electrons. The zero-order valence-electron chi connectivity index (χ0n) is 15.8. The molecule has 1 fully saturated rings. The molecular formula is C22H14FN3O5. The number of aliphatic hydroxyl groups is 1. The van der Waals surface area contributed by atoms with Crippen LogP contribution in [0.3, 0.4) is 0 Å². The molecule has 31 heavy (non-hydrogen) atoms. The number of carbonyl (C=O) groups is 2. The van der Waals surface area contributed by atoms with Crippen molar-refractivity contribution in [1.29, 1.82) is 0 Å². The van der Waals surface area contributed by atoms with E-state index in [-0.39, 0.29) is 22.5 Å². The SMILES string of the molecule is O=C1C(=O)N(c2ccc(F)cc2)C(c2cccnc2)/C1=C(/O)c1ccc([N+](=O)[O-])cc1. The fourth-order valence-corrected chi connectivity index (χ4v) is 3.45. The van der Waals surface area contributed by atoms with Gasteiger partial charge in [-0.15, -0.1) is 0 Å². The van der Waals surface area contributed by atoms with Gasteiger partial charge in [0.15, 0.2) is 0 Å². The minimum absolute atomic E-state index is 0.136. The zero-order valence-corrected chi connectivity index (χ0v) is 15.8. The van der Waals surface area contributed by atoms with Crippen LogP contribution in [0.25, 0.3) is 5.76 Å². The van der Waals surface area contributed by atoms with E-state index in [0.717, 1.165) is 17.0 Å². The summed E-state index contributed by atoms with van der Waals surface area (Å²) in [6, 6.07) is 12.2. The molecule has 0 bridgehead atoms. The van der Waals surface area contributed by atoms with E-state index in [9.17, 15) is 29.2 Å². The summed E-state index contributed by atoms with van der Waals surface area (Å²) in [5, 5.41) is 21.8. The smallest absolute Gasteiger partial charge is 0.300 e. The van der Waals surface area contributed by atoms with Crippen LogP contribution >= 0.6 is 0 Å². The molecule has 1 aromatic heterocycles. The highest BCUT2D eigenvalue weighted by molar-refractivity contribution is 6.51. The minimum Gasteiger partial charge on any atom is -0.507 e. The van der Waals surface area contributed by atoms with E-state index in [1.54, 1.807) is 12.1 Å². The Morgan fingerprint density at radius 2 is 1.74 bits per heavy atom. The Morgan fingerprint density at radius 1 is 1.06 bits per heavy atom. The molecular weight excluding hydrogens is 405 g/mol. The lowest BCUT2D eigenvalue weighted by Gasteiger charge is -2.25. The molecule has 3 aromatic rings. The average molecular weight is 419 g/mol. The second kappa shape index (κ2) is 7.79. The van der Waals surface area contributed by atoms with Crippen LogP contribution < -0.4 is 4.90 Å². The van der Waals surface area contributed by atoms with Gasteiger partial charge in [0.25, 0.3) is 17.4 Å². The lowest BCUT2D eigenvalue weighted by molar-refractivity contribution is -0.384. The van der Waals surface area contributed by atoms with Crippen LogP contribution in [0.15, 0.2) is 78.6 Å². The Bertz CT molecular complexity index is 1210. The number of ketones is 1. The number of pyridine rings is 1. The van der Waals surface area contributed by atoms with E-state index in [1.807, 2.05) is 0 Å². The van der Waals surface area contributed by atoms with Gasteiger partial charge in [0.1, 0.15) is 11.6 Å². The van der Waals surface area contributed by atoms with E-state index in [0.29, 0.717) is 5.56 Å². The lowest BCUT2D eigenvalue weighted by Crippen LogP contribution is -2.29. The number of non-ortho nitro benzene ring substituents is 1. The molecule has 2 aromatic carbocycles. The van der Waals surface area contributed by atoms with Crippen LogP contribution in [0.1, 0.15) is 17.2 Å². The highest BCUT2D eigenvalue weighted by Gasteiger charge is 2.47. The Hall–Kier alpha value is -4.40. The summed E-state index contributed by atoms with van der Waals surface area (Å²) in [7, 11) is 0. The van der Waals surface area contributed by atoms with Gasteiger partial charge < -0.3 is 5.11 Å². The van der Waals surface area contributed by atoms with Crippen molar-refractivity contribution in [3.05, 3.63) is 106 Å². The third kappa shape index (κ3) is 3.52. The predicted octanol–water partition coefficient (Wildman–Crippen LogP) is 3.76. The van der Waals surface area contributed by atoms with Crippen molar-refractivity contribution in [2.45, 2.75) is 6.04 Å². The van der Waals surface area contributed by atoms with Crippen molar-refractivity contribution in [3.8, 4) is 0 Å². The summed E-state index contributed by atoms with van der Waals surface area (Å²) in [5.74, 6) is -2.83. The molecule has 0 spiro atoms. The highest BCUT2D eigenvalue weighted by atomic mass is 19.1. The number of halogens is 1. The van der Waals surface area contributed by atoms with Crippen molar-refractivity contribution in [1.82, 2.24) is 4.98 Å². The molecule has 1 atom stereocenters. The molecule has 2 heterocycles. The number of nitro groups is 1. The first-order valence-electron chi connectivity index (χ1n) is 9.10.